The fraction of sp³-hybridized carbons (Fsp3) is 0.300. The predicted molar refractivity (Wildman–Crippen MR) is 149 cm³/mol. The molecule has 2 aliphatic rings. The Morgan fingerprint density at radius 3 is 1.93 bits per heavy atom. The summed E-state index contributed by atoms with van der Waals surface area (Å²) >= 11 is 0. The standard InChI is InChI=1S/C30H28F5N5O2S/c31-25-26(32)28(34)30(29(35)27(25)33)43(41,42)40(24-10-11-24)19-21-16-36-39(18-21)23-8-6-22(7-9-23)38-14-12-37(13-15-38)17-20-4-2-1-3-5-20/h1-9,16,18,24H,10-15,17,19H2. The van der Waals surface area contributed by atoms with Crippen LogP contribution in [0.25, 0.3) is 5.69 Å². The van der Waals surface area contributed by atoms with E-state index >= 15 is 0 Å². The molecular weight excluding hydrogens is 589 g/mol. The Bertz CT molecular complexity index is 1690. The number of benzene rings is 3. The molecular formula is C30H28F5N5O2S. The number of anilines is 1. The van der Waals surface area contributed by atoms with Gasteiger partial charge in [0.25, 0.3) is 0 Å². The topological polar surface area (TPSA) is 61.7 Å². The van der Waals surface area contributed by atoms with Crippen molar-refractivity contribution in [2.24, 2.45) is 0 Å². The first-order chi connectivity index (χ1) is 20.6. The Hall–Kier alpha value is -3.81. The van der Waals surface area contributed by atoms with Gasteiger partial charge in [-0.1, -0.05) is 30.3 Å². The van der Waals surface area contributed by atoms with Crippen molar-refractivity contribution in [3.8, 4) is 5.69 Å². The first-order valence-electron chi connectivity index (χ1n) is 13.8. The highest BCUT2D eigenvalue weighted by molar-refractivity contribution is 7.89. The molecule has 2 heterocycles. The highest BCUT2D eigenvalue weighted by Crippen LogP contribution is 2.36. The number of hydrogen-bond donors (Lipinski definition) is 0. The molecule has 0 atom stereocenters. The molecule has 0 N–H and O–H groups in total. The second-order valence-electron chi connectivity index (χ2n) is 10.7. The van der Waals surface area contributed by atoms with Crippen molar-refractivity contribution in [3.05, 3.63) is 107 Å². The average molecular weight is 618 g/mol. The quantitative estimate of drug-likeness (QED) is 0.146. The van der Waals surface area contributed by atoms with Crippen molar-refractivity contribution in [2.45, 2.75) is 36.9 Å². The molecule has 1 aliphatic heterocycles. The van der Waals surface area contributed by atoms with E-state index in [1.807, 2.05) is 42.5 Å². The molecule has 3 aromatic carbocycles. The van der Waals surface area contributed by atoms with Crippen LogP contribution in [-0.4, -0.2) is 59.6 Å². The molecule has 1 saturated carbocycles. The van der Waals surface area contributed by atoms with Crippen LogP contribution in [-0.2, 0) is 23.1 Å². The van der Waals surface area contributed by atoms with Gasteiger partial charge in [0.15, 0.2) is 28.2 Å². The van der Waals surface area contributed by atoms with Gasteiger partial charge in [-0.25, -0.2) is 35.1 Å². The second kappa shape index (κ2) is 11.7. The van der Waals surface area contributed by atoms with Gasteiger partial charge in [0.1, 0.15) is 0 Å². The molecule has 0 spiro atoms. The van der Waals surface area contributed by atoms with Crippen LogP contribution in [0.4, 0.5) is 27.6 Å². The van der Waals surface area contributed by atoms with Gasteiger partial charge in [0.2, 0.25) is 15.8 Å². The number of halogens is 5. The zero-order chi connectivity index (χ0) is 30.3. The van der Waals surface area contributed by atoms with Crippen molar-refractivity contribution in [2.75, 3.05) is 31.1 Å². The van der Waals surface area contributed by atoms with Crippen LogP contribution in [0.15, 0.2) is 71.9 Å². The number of piperazine rings is 1. The molecule has 4 aromatic rings. The van der Waals surface area contributed by atoms with Crippen molar-refractivity contribution in [1.29, 1.82) is 0 Å². The molecule has 226 valence electrons. The van der Waals surface area contributed by atoms with E-state index < -0.39 is 50.0 Å². The fourth-order valence-corrected chi connectivity index (χ4v) is 7.08. The van der Waals surface area contributed by atoms with Gasteiger partial charge in [-0.05, 0) is 42.7 Å². The molecule has 43 heavy (non-hydrogen) atoms. The number of nitrogens with zero attached hydrogens (tertiary/aromatic N) is 5. The van der Waals surface area contributed by atoms with Crippen LogP contribution in [0.3, 0.4) is 0 Å². The van der Waals surface area contributed by atoms with Gasteiger partial charge in [-0.3, -0.25) is 4.90 Å². The minimum absolute atomic E-state index is 0.349. The molecule has 2 fully saturated rings. The minimum Gasteiger partial charge on any atom is -0.369 e. The summed E-state index contributed by atoms with van der Waals surface area (Å²) in [5.74, 6) is -11.8. The zero-order valence-electron chi connectivity index (χ0n) is 22.9. The largest absolute Gasteiger partial charge is 0.369 e. The summed E-state index contributed by atoms with van der Waals surface area (Å²) in [7, 11) is -5.06. The third-order valence-electron chi connectivity index (χ3n) is 7.77. The Morgan fingerprint density at radius 1 is 0.744 bits per heavy atom. The summed E-state index contributed by atoms with van der Waals surface area (Å²) in [6, 6.07) is 17.4. The Kier molecular flexibility index (Phi) is 7.96. The molecule has 1 aromatic heterocycles. The molecule has 1 aliphatic carbocycles. The number of sulfonamides is 1. The summed E-state index contributed by atoms with van der Waals surface area (Å²) in [6.07, 6.45) is 3.76. The fourth-order valence-electron chi connectivity index (χ4n) is 5.29. The van der Waals surface area contributed by atoms with E-state index in [9.17, 15) is 30.4 Å². The third-order valence-corrected chi connectivity index (χ3v) is 9.68. The molecule has 13 heteroatoms. The zero-order valence-corrected chi connectivity index (χ0v) is 23.8. The summed E-state index contributed by atoms with van der Waals surface area (Å²) < 4.78 is 98.7. The van der Waals surface area contributed by atoms with E-state index in [0.29, 0.717) is 24.1 Å². The minimum atomic E-state index is -5.06. The van der Waals surface area contributed by atoms with Crippen LogP contribution >= 0.6 is 0 Å². The summed E-state index contributed by atoms with van der Waals surface area (Å²) in [6.45, 7) is 4.20. The lowest BCUT2D eigenvalue weighted by molar-refractivity contribution is 0.250. The Balaban J connectivity index is 1.14. The second-order valence-corrected chi connectivity index (χ2v) is 12.6. The molecule has 0 amide bonds. The highest BCUT2D eigenvalue weighted by Gasteiger charge is 2.43. The van der Waals surface area contributed by atoms with Crippen LogP contribution in [0.2, 0.25) is 0 Å². The Morgan fingerprint density at radius 2 is 1.33 bits per heavy atom. The van der Waals surface area contributed by atoms with E-state index in [1.54, 1.807) is 6.20 Å². The van der Waals surface area contributed by atoms with E-state index in [1.165, 1.54) is 16.4 Å². The molecule has 0 bridgehead atoms. The lowest BCUT2D eigenvalue weighted by atomic mass is 10.2. The van der Waals surface area contributed by atoms with Crippen molar-refractivity contribution in [3.63, 3.8) is 0 Å². The van der Waals surface area contributed by atoms with Crippen LogP contribution < -0.4 is 4.90 Å². The van der Waals surface area contributed by atoms with E-state index in [4.69, 9.17) is 0 Å². The van der Waals surface area contributed by atoms with Crippen LogP contribution in [0, 0.1) is 29.1 Å². The smallest absolute Gasteiger partial charge is 0.249 e. The van der Waals surface area contributed by atoms with Crippen molar-refractivity contribution < 1.29 is 30.4 Å². The van der Waals surface area contributed by atoms with E-state index in [-0.39, 0.29) is 6.54 Å². The van der Waals surface area contributed by atoms with Crippen molar-refractivity contribution in [1.82, 2.24) is 19.0 Å². The number of rotatable bonds is 9. The number of hydrogen-bond acceptors (Lipinski definition) is 5. The highest BCUT2D eigenvalue weighted by atomic mass is 32.2. The first kappa shape index (κ1) is 29.3. The van der Waals surface area contributed by atoms with Crippen LogP contribution in [0.5, 0.6) is 0 Å². The van der Waals surface area contributed by atoms with Gasteiger partial charge >= 0.3 is 0 Å². The Labute approximate surface area is 245 Å². The van der Waals surface area contributed by atoms with Crippen LogP contribution in [0.1, 0.15) is 24.0 Å². The maximum atomic E-state index is 14.4. The summed E-state index contributed by atoms with van der Waals surface area (Å²) in [4.78, 5) is 2.87. The summed E-state index contributed by atoms with van der Waals surface area (Å²) in [5, 5.41) is 4.30. The first-order valence-corrected chi connectivity index (χ1v) is 15.3. The van der Waals surface area contributed by atoms with Gasteiger partial charge in [-0.2, -0.15) is 9.40 Å². The van der Waals surface area contributed by atoms with Crippen molar-refractivity contribution >= 4 is 15.7 Å². The van der Waals surface area contributed by atoms with E-state index in [0.717, 1.165) is 42.7 Å². The SMILES string of the molecule is O=S(=O)(c1c(F)c(F)c(F)c(F)c1F)N(Cc1cnn(-c2ccc(N3CCN(Cc4ccccc4)CC3)cc2)c1)C1CC1. The third kappa shape index (κ3) is 5.89. The molecule has 0 unspecified atom stereocenters. The van der Waals surface area contributed by atoms with Gasteiger partial charge in [-0.15, -0.1) is 0 Å². The van der Waals surface area contributed by atoms with Gasteiger partial charge in [0.05, 0.1) is 11.9 Å². The van der Waals surface area contributed by atoms with Gasteiger partial charge in [0, 0.05) is 62.8 Å². The molecule has 0 radical (unpaired) electrons. The normalized spacial score (nSPS) is 16.3. The maximum Gasteiger partial charge on any atom is 0.249 e. The summed E-state index contributed by atoms with van der Waals surface area (Å²) in [5.41, 5.74) is 3.44. The molecule has 7 nitrogen and oxygen atoms in total. The van der Waals surface area contributed by atoms with Gasteiger partial charge < -0.3 is 4.90 Å². The van der Waals surface area contributed by atoms with E-state index in [2.05, 4.69) is 27.0 Å². The molecule has 6 rings (SSSR count). The number of aromatic nitrogens is 2. The lowest BCUT2D eigenvalue weighted by Crippen LogP contribution is -2.45. The molecule has 1 saturated heterocycles. The monoisotopic (exact) mass is 617 g/mol. The predicted octanol–water partition coefficient (Wildman–Crippen LogP) is 5.24. The maximum absolute atomic E-state index is 14.4. The lowest BCUT2D eigenvalue weighted by Gasteiger charge is -2.36. The average Bonchev–Trinajstić information content (AvgIpc) is 3.75.